The fraction of sp³-hybridized carbons (Fsp3) is 0.368. The maximum absolute atomic E-state index is 13.5. The van der Waals surface area contributed by atoms with Gasteiger partial charge in [-0.05, 0) is 49.2 Å². The number of rotatable bonds is 7. The van der Waals surface area contributed by atoms with Crippen molar-refractivity contribution in [1.29, 1.82) is 0 Å². The Balaban J connectivity index is 1.70. The number of hydrogen-bond donors (Lipinski definition) is 1. The Kier molecular flexibility index (Phi) is 6.20. The van der Waals surface area contributed by atoms with Crippen LogP contribution in [0.15, 0.2) is 47.5 Å². The van der Waals surface area contributed by atoms with Gasteiger partial charge in [-0.2, -0.15) is 0 Å². The van der Waals surface area contributed by atoms with Gasteiger partial charge in [0.2, 0.25) is 11.8 Å². The SMILES string of the molecule is O=C(NCCOc1ncccc1F)C1(S(=O)(=O)c2ccc(Cl)cc2)CCCC1. The van der Waals surface area contributed by atoms with Gasteiger partial charge in [0.15, 0.2) is 20.4 Å². The Hall–Kier alpha value is -2.19. The van der Waals surface area contributed by atoms with Crippen LogP contribution in [0.1, 0.15) is 25.7 Å². The third-order valence-electron chi connectivity index (χ3n) is 4.81. The van der Waals surface area contributed by atoms with E-state index in [1.54, 1.807) is 0 Å². The summed E-state index contributed by atoms with van der Waals surface area (Å²) >= 11 is 5.84. The number of pyridine rings is 1. The number of amides is 1. The third-order valence-corrected chi connectivity index (χ3v) is 7.58. The lowest BCUT2D eigenvalue weighted by Gasteiger charge is -2.27. The zero-order chi connectivity index (χ0) is 20.2. The van der Waals surface area contributed by atoms with Crippen LogP contribution < -0.4 is 10.1 Å². The number of hydrogen-bond acceptors (Lipinski definition) is 5. The molecular weight excluding hydrogens is 407 g/mol. The molecule has 9 heteroatoms. The smallest absolute Gasteiger partial charge is 0.250 e. The van der Waals surface area contributed by atoms with Crippen molar-refractivity contribution in [3.63, 3.8) is 0 Å². The van der Waals surface area contributed by atoms with Crippen molar-refractivity contribution in [2.45, 2.75) is 35.3 Å². The molecule has 1 aromatic heterocycles. The first-order valence-electron chi connectivity index (χ1n) is 8.89. The predicted octanol–water partition coefficient (Wildman–Crippen LogP) is 3.16. The summed E-state index contributed by atoms with van der Waals surface area (Å²) in [6.07, 6.45) is 3.19. The summed E-state index contributed by atoms with van der Waals surface area (Å²) in [4.78, 5) is 16.7. The number of halogens is 2. The number of nitrogens with one attached hydrogen (secondary N) is 1. The van der Waals surface area contributed by atoms with Gasteiger partial charge >= 0.3 is 0 Å². The standard InChI is InChI=1S/C19H20ClFN2O4S/c20-14-5-7-15(8-6-14)28(25,26)19(9-1-2-10-19)18(24)23-12-13-27-17-16(21)4-3-11-22-17/h3-8,11H,1-2,9-10,12-13H2,(H,23,24). The van der Waals surface area contributed by atoms with Crippen molar-refractivity contribution < 1.29 is 22.3 Å². The number of carbonyl (C=O) groups excluding carboxylic acids is 1. The molecule has 3 rings (SSSR count). The molecule has 0 atom stereocenters. The Bertz CT molecular complexity index is 945. The van der Waals surface area contributed by atoms with Crippen LogP contribution in [0.3, 0.4) is 0 Å². The van der Waals surface area contributed by atoms with Crippen molar-refractivity contribution in [3.05, 3.63) is 53.4 Å². The van der Waals surface area contributed by atoms with Crippen molar-refractivity contribution in [3.8, 4) is 5.88 Å². The van der Waals surface area contributed by atoms with Gasteiger partial charge in [0.25, 0.3) is 0 Å². The molecule has 1 saturated carbocycles. The van der Waals surface area contributed by atoms with Crippen LogP contribution in [0.5, 0.6) is 5.88 Å². The van der Waals surface area contributed by atoms with Crippen LogP contribution in [0.4, 0.5) is 4.39 Å². The number of benzene rings is 1. The van der Waals surface area contributed by atoms with E-state index < -0.39 is 26.3 Å². The van der Waals surface area contributed by atoms with Gasteiger partial charge in [0.05, 0.1) is 11.4 Å². The molecule has 0 bridgehead atoms. The van der Waals surface area contributed by atoms with Crippen LogP contribution in [0.2, 0.25) is 5.02 Å². The number of sulfone groups is 1. The van der Waals surface area contributed by atoms with Crippen LogP contribution in [-0.2, 0) is 14.6 Å². The molecule has 150 valence electrons. The number of ether oxygens (including phenoxy) is 1. The van der Waals surface area contributed by atoms with Gasteiger partial charge in [-0.25, -0.2) is 17.8 Å². The molecule has 28 heavy (non-hydrogen) atoms. The Labute approximate surface area is 168 Å². The third kappa shape index (κ3) is 3.98. The molecule has 1 N–H and O–H groups in total. The van der Waals surface area contributed by atoms with Crippen LogP contribution >= 0.6 is 11.6 Å². The highest BCUT2D eigenvalue weighted by Gasteiger charge is 2.52. The van der Waals surface area contributed by atoms with E-state index in [0.717, 1.165) is 0 Å². The van der Waals surface area contributed by atoms with E-state index in [4.69, 9.17) is 16.3 Å². The van der Waals surface area contributed by atoms with E-state index in [9.17, 15) is 17.6 Å². The normalized spacial score (nSPS) is 15.9. The topological polar surface area (TPSA) is 85.4 Å². The quantitative estimate of drug-likeness (QED) is 0.687. The van der Waals surface area contributed by atoms with Gasteiger partial charge in [0.1, 0.15) is 6.61 Å². The molecule has 1 fully saturated rings. The zero-order valence-corrected chi connectivity index (χ0v) is 16.6. The highest BCUT2D eigenvalue weighted by Crippen LogP contribution is 2.41. The maximum Gasteiger partial charge on any atom is 0.250 e. The van der Waals surface area contributed by atoms with E-state index in [1.165, 1.54) is 42.6 Å². The summed E-state index contributed by atoms with van der Waals surface area (Å²) in [7, 11) is -3.90. The second-order valence-corrected chi connectivity index (χ2v) is 9.25. The first-order chi connectivity index (χ1) is 13.4. The summed E-state index contributed by atoms with van der Waals surface area (Å²) < 4.78 is 43.6. The molecule has 0 saturated heterocycles. The lowest BCUT2D eigenvalue weighted by atomic mass is 10.1. The lowest BCUT2D eigenvalue weighted by Crippen LogP contribution is -2.51. The number of aromatic nitrogens is 1. The van der Waals surface area contributed by atoms with Crippen LogP contribution in [-0.4, -0.2) is 37.2 Å². The summed E-state index contributed by atoms with van der Waals surface area (Å²) in [6.45, 7) is 0.00345. The van der Waals surface area contributed by atoms with Gasteiger partial charge < -0.3 is 10.1 Å². The Morgan fingerprint density at radius 2 is 1.89 bits per heavy atom. The van der Waals surface area contributed by atoms with Gasteiger partial charge in [0, 0.05) is 11.2 Å². The zero-order valence-electron chi connectivity index (χ0n) is 15.0. The van der Waals surface area contributed by atoms with Crippen LogP contribution in [0.25, 0.3) is 0 Å². The van der Waals surface area contributed by atoms with Crippen molar-refractivity contribution in [2.24, 2.45) is 0 Å². The van der Waals surface area contributed by atoms with Crippen molar-refractivity contribution in [2.75, 3.05) is 13.2 Å². The highest BCUT2D eigenvalue weighted by atomic mass is 35.5. The summed E-state index contributed by atoms with van der Waals surface area (Å²) in [5, 5.41) is 3.04. The summed E-state index contributed by atoms with van der Waals surface area (Å²) in [6, 6.07) is 8.47. The first-order valence-corrected chi connectivity index (χ1v) is 10.7. The van der Waals surface area contributed by atoms with Crippen molar-refractivity contribution in [1.82, 2.24) is 10.3 Å². The average Bonchev–Trinajstić information content (AvgIpc) is 3.18. The molecule has 0 aliphatic heterocycles. The molecule has 0 unspecified atom stereocenters. The molecular formula is C19H20ClFN2O4S. The fourth-order valence-corrected chi connectivity index (χ4v) is 5.57. The average molecular weight is 427 g/mol. The molecule has 6 nitrogen and oxygen atoms in total. The second-order valence-electron chi connectivity index (χ2n) is 6.55. The van der Waals surface area contributed by atoms with Gasteiger partial charge in [-0.15, -0.1) is 0 Å². The monoisotopic (exact) mass is 426 g/mol. The minimum absolute atomic E-state index is 0.0310. The minimum Gasteiger partial charge on any atom is -0.474 e. The lowest BCUT2D eigenvalue weighted by molar-refractivity contribution is -0.123. The van der Waals surface area contributed by atoms with Crippen LogP contribution in [0, 0.1) is 5.82 Å². The molecule has 2 aromatic rings. The number of carbonyl (C=O) groups is 1. The minimum atomic E-state index is -3.90. The van der Waals surface area contributed by atoms with Crippen molar-refractivity contribution >= 4 is 27.3 Å². The van der Waals surface area contributed by atoms with E-state index in [1.807, 2.05) is 0 Å². The molecule has 0 spiro atoms. The predicted molar refractivity (Wildman–Crippen MR) is 103 cm³/mol. The van der Waals surface area contributed by atoms with E-state index in [-0.39, 0.29) is 36.8 Å². The van der Waals surface area contributed by atoms with Gasteiger partial charge in [-0.3, -0.25) is 4.79 Å². The summed E-state index contributed by atoms with van der Waals surface area (Å²) in [5.74, 6) is -1.34. The highest BCUT2D eigenvalue weighted by molar-refractivity contribution is 7.93. The second kappa shape index (κ2) is 8.45. The fourth-order valence-electron chi connectivity index (χ4n) is 3.35. The Morgan fingerprint density at radius 3 is 2.54 bits per heavy atom. The van der Waals surface area contributed by atoms with E-state index in [2.05, 4.69) is 10.3 Å². The molecule has 1 aliphatic rings. The molecule has 1 aliphatic carbocycles. The molecule has 1 heterocycles. The molecule has 1 amide bonds. The van der Waals surface area contributed by atoms with Gasteiger partial charge in [-0.1, -0.05) is 24.4 Å². The first kappa shape index (κ1) is 20.5. The van der Waals surface area contributed by atoms with E-state index >= 15 is 0 Å². The largest absolute Gasteiger partial charge is 0.474 e. The van der Waals surface area contributed by atoms with E-state index in [0.29, 0.717) is 17.9 Å². The Morgan fingerprint density at radius 1 is 1.21 bits per heavy atom. The number of nitrogens with zero attached hydrogens (tertiary/aromatic N) is 1. The maximum atomic E-state index is 13.5. The summed E-state index contributed by atoms with van der Waals surface area (Å²) in [5.41, 5.74) is 0. The molecule has 1 aromatic carbocycles. The molecule has 0 radical (unpaired) electrons.